The van der Waals surface area contributed by atoms with E-state index in [0.717, 1.165) is 74.6 Å². The molecule has 370 valence electrons. The highest BCUT2D eigenvalue weighted by Gasteiger charge is 2.34. The molecule has 17 nitrogen and oxygen atoms in total. The van der Waals surface area contributed by atoms with E-state index in [1.54, 1.807) is 81.3 Å². The Bertz CT molecular complexity index is 3400. The monoisotopic (exact) mass is 973 g/mol. The Kier molecular flexibility index (Phi) is 12.7. The summed E-state index contributed by atoms with van der Waals surface area (Å²) in [7, 11) is 8.28. The number of imide groups is 1. The second kappa shape index (κ2) is 19.2. The molecule has 7 aromatic rings. The van der Waals surface area contributed by atoms with Gasteiger partial charge in [-0.1, -0.05) is 30.3 Å². The normalized spacial score (nSPS) is 16.8. The Hall–Kier alpha value is -8.12. The molecule has 1 unspecified atom stereocenters. The number of aryl methyl sites for hydroxylation is 2. The van der Waals surface area contributed by atoms with Crippen LogP contribution in [0.15, 0.2) is 102 Å². The number of carbonyl (C=O) groups is 5. The highest BCUT2D eigenvalue weighted by atomic mass is 19.1. The number of nitrogens with zero attached hydrogens (tertiary/aromatic N) is 8. The van der Waals surface area contributed by atoms with Crippen molar-refractivity contribution in [1.82, 2.24) is 39.3 Å². The van der Waals surface area contributed by atoms with Gasteiger partial charge in [0.05, 0.1) is 27.6 Å². The van der Waals surface area contributed by atoms with Crippen molar-refractivity contribution >= 4 is 68.5 Å². The number of para-hydroxylation sites is 1. The van der Waals surface area contributed by atoms with Crippen LogP contribution in [-0.2, 0) is 23.7 Å². The van der Waals surface area contributed by atoms with Gasteiger partial charge in [0.25, 0.3) is 17.7 Å². The van der Waals surface area contributed by atoms with Gasteiger partial charge < -0.3 is 25.3 Å². The quantitative estimate of drug-likeness (QED) is 0.142. The zero-order valence-electron chi connectivity index (χ0n) is 40.9. The van der Waals surface area contributed by atoms with Gasteiger partial charge in [0.15, 0.2) is 5.69 Å². The zero-order valence-corrected chi connectivity index (χ0v) is 40.9. The van der Waals surface area contributed by atoms with Crippen LogP contribution in [0, 0.1) is 5.82 Å². The fourth-order valence-corrected chi connectivity index (χ4v) is 10.8. The zero-order chi connectivity index (χ0) is 50.5. The van der Waals surface area contributed by atoms with E-state index in [0.29, 0.717) is 45.0 Å². The molecule has 10 rings (SSSR count). The third kappa shape index (κ3) is 8.64. The Morgan fingerprint density at radius 3 is 2.21 bits per heavy atom. The maximum absolute atomic E-state index is 17.3. The lowest BCUT2D eigenvalue weighted by Crippen LogP contribution is -2.53. The third-order valence-corrected chi connectivity index (χ3v) is 14.5. The minimum Gasteiger partial charge on any atom is -0.370 e. The number of nitrogens with one attached hydrogen (secondary N) is 3. The van der Waals surface area contributed by atoms with Crippen molar-refractivity contribution in [1.29, 1.82) is 0 Å². The number of halogens is 1. The molecule has 0 aliphatic carbocycles. The summed E-state index contributed by atoms with van der Waals surface area (Å²) in [6, 6.07) is 28.7. The number of anilines is 3. The highest BCUT2D eigenvalue weighted by Crippen LogP contribution is 2.40. The minimum atomic E-state index is -0.742. The van der Waals surface area contributed by atoms with E-state index in [9.17, 15) is 28.8 Å². The largest absolute Gasteiger partial charge is 0.370 e. The van der Waals surface area contributed by atoms with E-state index in [1.165, 1.54) is 27.3 Å². The Morgan fingerprint density at radius 2 is 1.47 bits per heavy atom. The summed E-state index contributed by atoms with van der Waals surface area (Å²) in [5, 5.41) is 12.2. The number of piperidine rings is 2. The fraction of sp³-hybridized carbons (Fsp3) is 0.315. The Labute approximate surface area is 414 Å². The van der Waals surface area contributed by atoms with E-state index in [2.05, 4.69) is 47.9 Å². The Morgan fingerprint density at radius 1 is 0.736 bits per heavy atom. The number of carbonyl (C=O) groups excluding carboxylic acids is 5. The van der Waals surface area contributed by atoms with Gasteiger partial charge in [-0.05, 0) is 103 Å². The van der Waals surface area contributed by atoms with Gasteiger partial charge in [0, 0.05) is 115 Å². The standard InChI is InChI=1S/C54H56FN11O6/c1-56-50(68)33-10-6-11-35(29-33)57-52(70)48-46-41(62(5)59-48)18-17-39(47(46)55)38-16-15-34(53(71)60(2)3)31-40(38)32-9-7-12-37(30-32)64-27-25-63(26-28-64)36-21-23-65(24-22-36)42-13-8-14-43-49(42)61(4)54(72)66(43)44-19-20-45(67)58-51(44)69/h6-18,29-31,36,44H,19-28H2,1-5H3,(H,56,68)(H,57,70)(H,58,67,69). The summed E-state index contributed by atoms with van der Waals surface area (Å²) in [4.78, 5) is 86.6. The van der Waals surface area contributed by atoms with Gasteiger partial charge in [0.2, 0.25) is 11.8 Å². The van der Waals surface area contributed by atoms with Gasteiger partial charge in [0.1, 0.15) is 11.9 Å². The van der Waals surface area contributed by atoms with E-state index >= 15 is 4.39 Å². The second-order valence-electron chi connectivity index (χ2n) is 19.0. The molecule has 0 saturated carbocycles. The van der Waals surface area contributed by atoms with Gasteiger partial charge >= 0.3 is 5.69 Å². The molecule has 3 saturated heterocycles. The number of aromatic nitrogens is 4. The summed E-state index contributed by atoms with van der Waals surface area (Å²) < 4.78 is 21.9. The summed E-state index contributed by atoms with van der Waals surface area (Å²) in [6.07, 6.45) is 2.35. The molecule has 3 N–H and O–H groups in total. The maximum atomic E-state index is 17.3. The van der Waals surface area contributed by atoms with Crippen LogP contribution in [0.2, 0.25) is 0 Å². The molecular formula is C54H56FN11O6. The molecule has 18 heteroatoms. The van der Waals surface area contributed by atoms with Gasteiger partial charge in [-0.2, -0.15) is 5.10 Å². The van der Waals surface area contributed by atoms with Crippen molar-refractivity contribution in [3.05, 3.63) is 130 Å². The summed E-state index contributed by atoms with van der Waals surface area (Å²) >= 11 is 0. The number of amides is 5. The molecule has 72 heavy (non-hydrogen) atoms. The molecule has 3 fully saturated rings. The predicted molar refractivity (Wildman–Crippen MR) is 275 cm³/mol. The molecule has 0 spiro atoms. The summed E-state index contributed by atoms with van der Waals surface area (Å²) in [5.41, 5.74) is 6.81. The molecule has 1 atom stereocenters. The van der Waals surface area contributed by atoms with Crippen molar-refractivity contribution in [2.75, 3.05) is 75.5 Å². The smallest absolute Gasteiger partial charge is 0.329 e. The topological polar surface area (TPSA) is 179 Å². The molecule has 5 heterocycles. The molecule has 5 amide bonds. The van der Waals surface area contributed by atoms with Crippen molar-refractivity contribution in [3.63, 3.8) is 0 Å². The lowest BCUT2D eigenvalue weighted by atomic mass is 9.91. The highest BCUT2D eigenvalue weighted by molar-refractivity contribution is 6.13. The first-order valence-corrected chi connectivity index (χ1v) is 24.2. The number of imidazole rings is 1. The van der Waals surface area contributed by atoms with Crippen LogP contribution in [0.3, 0.4) is 0 Å². The van der Waals surface area contributed by atoms with Crippen molar-refractivity contribution in [3.8, 4) is 22.3 Å². The van der Waals surface area contributed by atoms with Crippen molar-refractivity contribution < 1.29 is 28.4 Å². The van der Waals surface area contributed by atoms with E-state index in [-0.39, 0.29) is 52.9 Å². The number of hydrogen-bond acceptors (Lipinski definition) is 10. The second-order valence-corrected chi connectivity index (χ2v) is 19.0. The minimum absolute atomic E-state index is 0.0395. The van der Waals surface area contributed by atoms with Crippen LogP contribution in [0.25, 0.3) is 44.2 Å². The van der Waals surface area contributed by atoms with Crippen LogP contribution in [0.5, 0.6) is 0 Å². The SMILES string of the molecule is CNC(=O)c1cccc(NC(=O)c2nn(C)c3ccc(-c4ccc(C(=O)N(C)C)cc4-c4cccc(N5CCN(C6CCN(c7cccc8c7n(C)c(=O)n8C7CCC(=O)NC7=O)CC6)CC5)c4)c(F)c23)c1. The lowest BCUT2D eigenvalue weighted by Gasteiger charge is -2.44. The predicted octanol–water partition coefficient (Wildman–Crippen LogP) is 5.78. The molecule has 5 aromatic carbocycles. The first kappa shape index (κ1) is 47.6. The van der Waals surface area contributed by atoms with Gasteiger partial charge in [-0.15, -0.1) is 0 Å². The van der Waals surface area contributed by atoms with Gasteiger partial charge in [-0.3, -0.25) is 48.0 Å². The van der Waals surface area contributed by atoms with Crippen LogP contribution in [0.4, 0.5) is 21.5 Å². The van der Waals surface area contributed by atoms with Gasteiger partial charge in [-0.25, -0.2) is 9.18 Å². The average molecular weight is 974 g/mol. The first-order valence-electron chi connectivity index (χ1n) is 24.2. The fourth-order valence-electron chi connectivity index (χ4n) is 10.8. The molecule has 0 radical (unpaired) electrons. The van der Waals surface area contributed by atoms with Crippen LogP contribution in [-0.4, -0.2) is 125 Å². The summed E-state index contributed by atoms with van der Waals surface area (Å²) in [5.74, 6) is -2.56. The summed E-state index contributed by atoms with van der Waals surface area (Å²) in [6.45, 7) is 4.91. The van der Waals surface area contributed by atoms with E-state index in [1.807, 2.05) is 30.3 Å². The van der Waals surface area contributed by atoms with E-state index < -0.39 is 23.7 Å². The number of fused-ring (bicyclic) bond motifs is 2. The van der Waals surface area contributed by atoms with Crippen molar-refractivity contribution in [2.24, 2.45) is 14.1 Å². The number of hydrogen-bond donors (Lipinski definition) is 3. The third-order valence-electron chi connectivity index (χ3n) is 14.5. The molecule has 2 aromatic heterocycles. The number of piperazine rings is 1. The molecule has 0 bridgehead atoms. The molecular weight excluding hydrogens is 918 g/mol. The molecule has 3 aliphatic rings. The first-order chi connectivity index (χ1) is 34.7. The van der Waals surface area contributed by atoms with Crippen molar-refractivity contribution in [2.45, 2.75) is 37.8 Å². The van der Waals surface area contributed by atoms with Crippen LogP contribution >= 0.6 is 0 Å². The number of benzene rings is 5. The maximum Gasteiger partial charge on any atom is 0.329 e. The number of rotatable bonds is 10. The molecule has 3 aliphatic heterocycles. The van der Waals surface area contributed by atoms with Crippen LogP contribution < -0.4 is 31.4 Å². The average Bonchev–Trinajstić information content (AvgIpc) is 3.87. The Balaban J connectivity index is 0.870. The lowest BCUT2D eigenvalue weighted by molar-refractivity contribution is -0.135. The van der Waals surface area contributed by atoms with Crippen LogP contribution in [0.1, 0.15) is 62.9 Å². The van der Waals surface area contributed by atoms with E-state index in [4.69, 9.17) is 0 Å².